The first kappa shape index (κ1) is 23.5. The number of sulfonamides is 1. The van der Waals surface area contributed by atoms with Crippen molar-refractivity contribution in [1.82, 2.24) is 4.90 Å². The molecule has 1 amide bonds. The Morgan fingerprint density at radius 3 is 2.52 bits per heavy atom. The van der Waals surface area contributed by atoms with Gasteiger partial charge in [0, 0.05) is 31.1 Å². The summed E-state index contributed by atoms with van der Waals surface area (Å²) in [5.74, 6) is -0.366. The summed E-state index contributed by atoms with van der Waals surface area (Å²) in [6.45, 7) is 5.15. The van der Waals surface area contributed by atoms with Gasteiger partial charge in [0.25, 0.3) is 0 Å². The smallest absolute Gasteiger partial charge is 0.309 e. The molecule has 1 saturated heterocycles. The lowest BCUT2D eigenvalue weighted by Crippen LogP contribution is -2.41. The van der Waals surface area contributed by atoms with Gasteiger partial charge < -0.3 is 9.64 Å². The Morgan fingerprint density at radius 1 is 1.28 bits per heavy atom. The minimum absolute atomic E-state index is 0.0245. The van der Waals surface area contributed by atoms with Crippen LogP contribution in [-0.4, -0.2) is 57.7 Å². The van der Waals surface area contributed by atoms with Crippen molar-refractivity contribution < 1.29 is 22.7 Å². The number of hydrogen-bond acceptors (Lipinski definition) is 5. The van der Waals surface area contributed by atoms with Crippen LogP contribution >= 0.6 is 11.6 Å². The molecule has 0 N–H and O–H groups in total. The summed E-state index contributed by atoms with van der Waals surface area (Å²) in [7, 11) is -3.50. The molecule has 1 aromatic carbocycles. The van der Waals surface area contributed by atoms with Gasteiger partial charge in [-0.2, -0.15) is 0 Å². The molecule has 0 saturated carbocycles. The molecular weight excluding hydrogens is 416 g/mol. The number of esters is 1. The van der Waals surface area contributed by atoms with Gasteiger partial charge in [-0.25, -0.2) is 8.42 Å². The van der Waals surface area contributed by atoms with Crippen LogP contribution in [0.1, 0.15) is 38.2 Å². The Bertz CT molecular complexity index is 835. The van der Waals surface area contributed by atoms with Crippen LogP contribution in [0.3, 0.4) is 0 Å². The van der Waals surface area contributed by atoms with Crippen LogP contribution in [0.15, 0.2) is 18.2 Å². The third kappa shape index (κ3) is 6.34. The average molecular weight is 445 g/mol. The SMILES string of the molecule is CCOC(=O)C1CCN(C(=O)CCCN(c2cccc(Cl)c2C)S(C)(=O)=O)CC1. The first-order valence-electron chi connectivity index (χ1n) is 9.82. The lowest BCUT2D eigenvalue weighted by atomic mass is 9.97. The predicted molar refractivity (Wildman–Crippen MR) is 114 cm³/mol. The van der Waals surface area contributed by atoms with E-state index < -0.39 is 10.0 Å². The molecule has 0 unspecified atom stereocenters. The molecule has 162 valence electrons. The normalized spacial score (nSPS) is 15.2. The number of carbonyl (C=O) groups excluding carboxylic acids is 2. The highest BCUT2D eigenvalue weighted by molar-refractivity contribution is 7.92. The highest BCUT2D eigenvalue weighted by atomic mass is 35.5. The number of nitrogens with zero attached hydrogens (tertiary/aromatic N) is 2. The van der Waals surface area contributed by atoms with E-state index in [1.807, 2.05) is 0 Å². The number of rotatable bonds is 8. The standard InChI is InChI=1S/C20H29ClN2O5S/c1-4-28-20(25)16-10-13-22(14-11-16)19(24)9-6-12-23(29(3,26)27)18-8-5-7-17(21)15(18)2/h5,7-8,16H,4,6,9-14H2,1-3H3. The first-order chi connectivity index (χ1) is 13.6. The summed E-state index contributed by atoms with van der Waals surface area (Å²) in [6.07, 6.45) is 2.99. The van der Waals surface area contributed by atoms with Gasteiger partial charge in [-0.3, -0.25) is 13.9 Å². The van der Waals surface area contributed by atoms with E-state index in [9.17, 15) is 18.0 Å². The Balaban J connectivity index is 1.91. The Morgan fingerprint density at radius 2 is 1.93 bits per heavy atom. The molecule has 0 aromatic heterocycles. The molecule has 0 bridgehead atoms. The zero-order valence-electron chi connectivity index (χ0n) is 17.2. The monoisotopic (exact) mass is 444 g/mol. The zero-order valence-corrected chi connectivity index (χ0v) is 18.8. The van der Waals surface area contributed by atoms with Gasteiger partial charge in [0.15, 0.2) is 0 Å². The van der Waals surface area contributed by atoms with Crippen molar-refractivity contribution in [1.29, 1.82) is 0 Å². The van der Waals surface area contributed by atoms with Crippen LogP contribution in [0.4, 0.5) is 5.69 Å². The maximum Gasteiger partial charge on any atom is 0.309 e. The number of anilines is 1. The van der Waals surface area contributed by atoms with Crippen molar-refractivity contribution in [3.05, 3.63) is 28.8 Å². The average Bonchev–Trinajstić information content (AvgIpc) is 2.67. The van der Waals surface area contributed by atoms with Crippen molar-refractivity contribution >= 4 is 39.2 Å². The summed E-state index contributed by atoms with van der Waals surface area (Å²) in [5, 5.41) is 0.497. The highest BCUT2D eigenvalue weighted by Crippen LogP contribution is 2.28. The number of carbonyl (C=O) groups is 2. The van der Waals surface area contributed by atoms with E-state index in [0.717, 1.165) is 6.26 Å². The lowest BCUT2D eigenvalue weighted by molar-refractivity contribution is -0.151. The molecule has 9 heteroatoms. The molecule has 0 aliphatic carbocycles. The van der Waals surface area contributed by atoms with Crippen LogP contribution in [0.2, 0.25) is 5.02 Å². The minimum Gasteiger partial charge on any atom is -0.466 e. The Hall–Kier alpha value is -1.80. The second kappa shape index (κ2) is 10.3. The number of ether oxygens (including phenoxy) is 1. The number of hydrogen-bond donors (Lipinski definition) is 0. The number of amides is 1. The summed E-state index contributed by atoms with van der Waals surface area (Å²) in [5.41, 5.74) is 1.22. The van der Waals surface area contributed by atoms with Gasteiger partial charge in [-0.15, -0.1) is 0 Å². The summed E-state index contributed by atoms with van der Waals surface area (Å²) >= 11 is 6.13. The lowest BCUT2D eigenvalue weighted by Gasteiger charge is -2.31. The quantitative estimate of drug-likeness (QED) is 0.575. The molecule has 1 aliphatic heterocycles. The molecule has 0 spiro atoms. The van der Waals surface area contributed by atoms with E-state index in [0.29, 0.717) is 55.2 Å². The van der Waals surface area contributed by atoms with Gasteiger partial charge >= 0.3 is 5.97 Å². The molecule has 1 fully saturated rings. The maximum absolute atomic E-state index is 12.5. The largest absolute Gasteiger partial charge is 0.466 e. The fourth-order valence-corrected chi connectivity index (χ4v) is 4.67. The molecular formula is C20H29ClN2O5S. The van der Waals surface area contributed by atoms with E-state index in [1.165, 1.54) is 4.31 Å². The molecule has 1 heterocycles. The third-order valence-corrected chi connectivity index (χ3v) is 6.72. The van der Waals surface area contributed by atoms with E-state index in [2.05, 4.69) is 0 Å². The van der Waals surface area contributed by atoms with Crippen LogP contribution in [0.5, 0.6) is 0 Å². The Labute approximate surface area is 178 Å². The van der Waals surface area contributed by atoms with Crippen LogP contribution in [0, 0.1) is 12.8 Å². The van der Waals surface area contributed by atoms with Crippen molar-refractivity contribution in [2.75, 3.05) is 36.8 Å². The number of benzene rings is 1. The van der Waals surface area contributed by atoms with Crippen LogP contribution in [0.25, 0.3) is 0 Å². The third-order valence-electron chi connectivity index (χ3n) is 5.13. The summed E-state index contributed by atoms with van der Waals surface area (Å²) in [4.78, 5) is 26.1. The van der Waals surface area contributed by atoms with Crippen molar-refractivity contribution in [2.24, 2.45) is 5.92 Å². The Kier molecular flexibility index (Phi) is 8.34. The fraction of sp³-hybridized carbons (Fsp3) is 0.600. The van der Waals surface area contributed by atoms with Crippen LogP contribution < -0.4 is 4.31 Å². The molecule has 0 atom stereocenters. The minimum atomic E-state index is -3.50. The van der Waals surface area contributed by atoms with E-state index in [4.69, 9.17) is 16.3 Å². The second-order valence-corrected chi connectivity index (χ2v) is 9.54. The van der Waals surface area contributed by atoms with Crippen molar-refractivity contribution in [2.45, 2.75) is 39.5 Å². The van der Waals surface area contributed by atoms with Gasteiger partial charge in [0.2, 0.25) is 15.9 Å². The van der Waals surface area contributed by atoms with Gasteiger partial charge in [0.05, 0.1) is 24.5 Å². The summed E-state index contributed by atoms with van der Waals surface area (Å²) < 4.78 is 30.9. The predicted octanol–water partition coefficient (Wildman–Crippen LogP) is 3.00. The molecule has 2 rings (SSSR count). The second-order valence-electron chi connectivity index (χ2n) is 7.23. The molecule has 7 nitrogen and oxygen atoms in total. The van der Waals surface area contributed by atoms with E-state index in [-0.39, 0.29) is 30.8 Å². The topological polar surface area (TPSA) is 84.0 Å². The number of piperidine rings is 1. The first-order valence-corrected chi connectivity index (χ1v) is 12.0. The van der Waals surface area contributed by atoms with Gasteiger partial charge in [-0.1, -0.05) is 17.7 Å². The fourth-order valence-electron chi connectivity index (χ4n) is 3.49. The van der Waals surface area contributed by atoms with Crippen LogP contribution in [-0.2, 0) is 24.3 Å². The van der Waals surface area contributed by atoms with Gasteiger partial charge in [0.1, 0.15) is 0 Å². The van der Waals surface area contributed by atoms with Gasteiger partial charge in [-0.05, 0) is 50.8 Å². The number of halogens is 1. The maximum atomic E-state index is 12.5. The molecule has 1 aromatic rings. The zero-order chi connectivity index (χ0) is 21.6. The van der Waals surface area contributed by atoms with E-state index >= 15 is 0 Å². The highest BCUT2D eigenvalue weighted by Gasteiger charge is 2.28. The molecule has 29 heavy (non-hydrogen) atoms. The summed E-state index contributed by atoms with van der Waals surface area (Å²) in [6, 6.07) is 5.14. The van der Waals surface area contributed by atoms with Crippen molar-refractivity contribution in [3.8, 4) is 0 Å². The molecule has 1 aliphatic rings. The van der Waals surface area contributed by atoms with E-state index in [1.54, 1.807) is 36.9 Å². The number of likely N-dealkylation sites (tertiary alicyclic amines) is 1. The molecule has 0 radical (unpaired) electrons. The van der Waals surface area contributed by atoms with Crippen molar-refractivity contribution in [3.63, 3.8) is 0 Å².